The maximum Gasteiger partial charge on any atom is 0.274 e. The Labute approximate surface area is 187 Å². The van der Waals surface area contributed by atoms with E-state index in [0.29, 0.717) is 24.5 Å². The molecule has 3 heterocycles. The Hall–Kier alpha value is -3.61. The molecular formula is C19H20F2N8O2S. The van der Waals surface area contributed by atoms with Gasteiger partial charge in [-0.2, -0.15) is 0 Å². The molecule has 0 saturated carbocycles. The number of thiocarbonyl (C=S) groups is 1. The topological polar surface area (TPSA) is 115 Å². The number of carbonyl (C=O) groups is 1. The fourth-order valence-electron chi connectivity index (χ4n) is 3.58. The van der Waals surface area contributed by atoms with Crippen LogP contribution in [0.25, 0.3) is 0 Å². The van der Waals surface area contributed by atoms with Crippen molar-refractivity contribution in [1.82, 2.24) is 35.6 Å². The van der Waals surface area contributed by atoms with Gasteiger partial charge in [-0.05, 0) is 29.9 Å². The third kappa shape index (κ3) is 4.37. The van der Waals surface area contributed by atoms with Gasteiger partial charge in [-0.25, -0.2) is 13.8 Å². The van der Waals surface area contributed by atoms with Crippen LogP contribution in [0.5, 0.6) is 0 Å². The molecule has 3 N–H and O–H groups in total. The number of imidazole rings is 1. The second kappa shape index (κ2) is 9.26. The average Bonchev–Trinajstić information content (AvgIpc) is 3.51. The van der Waals surface area contributed by atoms with E-state index in [2.05, 4.69) is 30.7 Å². The van der Waals surface area contributed by atoms with Gasteiger partial charge in [-0.1, -0.05) is 5.21 Å². The fraction of sp³-hybridized carbons (Fsp3) is 0.316. The number of benzene rings is 1. The number of hydrogen-bond donors (Lipinski definition) is 3. The number of aromatic nitrogens is 5. The van der Waals surface area contributed by atoms with Gasteiger partial charge in [0.2, 0.25) is 0 Å². The van der Waals surface area contributed by atoms with Gasteiger partial charge in [-0.15, -0.1) is 5.10 Å². The molecular weight excluding hydrogens is 442 g/mol. The second-order valence-electron chi connectivity index (χ2n) is 7.03. The molecule has 0 bridgehead atoms. The smallest absolute Gasteiger partial charge is 0.274 e. The molecule has 1 atom stereocenters. The van der Waals surface area contributed by atoms with Crippen LogP contribution in [-0.4, -0.2) is 74.6 Å². The summed E-state index contributed by atoms with van der Waals surface area (Å²) in [6, 6.07) is 1.69. The zero-order valence-electron chi connectivity index (χ0n) is 17.0. The van der Waals surface area contributed by atoms with Crippen LogP contribution >= 0.6 is 12.2 Å². The molecule has 4 rings (SSSR count). The van der Waals surface area contributed by atoms with Gasteiger partial charge in [0, 0.05) is 38.6 Å². The first-order valence-electron chi connectivity index (χ1n) is 9.70. The highest BCUT2D eigenvalue weighted by molar-refractivity contribution is 7.80. The van der Waals surface area contributed by atoms with Gasteiger partial charge < -0.3 is 24.8 Å². The highest BCUT2D eigenvalue weighted by Gasteiger charge is 2.28. The molecule has 2 aromatic heterocycles. The molecule has 1 amide bonds. The van der Waals surface area contributed by atoms with Gasteiger partial charge in [0.05, 0.1) is 13.4 Å². The van der Waals surface area contributed by atoms with Crippen molar-refractivity contribution < 1.29 is 18.3 Å². The van der Waals surface area contributed by atoms with E-state index in [0.717, 1.165) is 0 Å². The lowest BCUT2D eigenvalue weighted by molar-refractivity contribution is 0.0741. The summed E-state index contributed by atoms with van der Waals surface area (Å²) in [7, 11) is 1.38. The predicted molar refractivity (Wildman–Crippen MR) is 114 cm³/mol. The monoisotopic (exact) mass is 462 g/mol. The van der Waals surface area contributed by atoms with Crippen molar-refractivity contribution in [2.24, 2.45) is 0 Å². The number of piperazine rings is 1. The number of nitrogens with one attached hydrogen (secondary N) is 3. The number of hydrogen-bond acceptors (Lipinski definition) is 7. The number of methoxy groups -OCH3 is 1. The van der Waals surface area contributed by atoms with E-state index in [-0.39, 0.29) is 35.4 Å². The maximum atomic E-state index is 15.1. The molecule has 3 aromatic rings. The first kappa shape index (κ1) is 21.6. The van der Waals surface area contributed by atoms with Crippen LogP contribution in [0, 0.1) is 11.6 Å². The molecule has 0 radical (unpaired) electrons. The summed E-state index contributed by atoms with van der Waals surface area (Å²) >= 11 is 5.03. The van der Waals surface area contributed by atoms with E-state index in [1.165, 1.54) is 38.0 Å². The van der Waals surface area contributed by atoms with Crippen LogP contribution in [0.1, 0.15) is 27.8 Å². The van der Waals surface area contributed by atoms with Gasteiger partial charge in [-0.3, -0.25) is 9.89 Å². The highest BCUT2D eigenvalue weighted by Crippen LogP contribution is 2.30. The average molecular weight is 462 g/mol. The predicted octanol–water partition coefficient (Wildman–Crippen LogP) is 1.38. The minimum atomic E-state index is -0.762. The van der Waals surface area contributed by atoms with Crippen molar-refractivity contribution in [2.75, 3.05) is 38.2 Å². The zero-order chi connectivity index (χ0) is 22.7. The molecule has 1 fully saturated rings. The first-order chi connectivity index (χ1) is 15.5. The number of ether oxygens (including phenoxy) is 1. The number of carbonyl (C=O) groups excluding carboxylic acids is 1. The Bertz CT molecular complexity index is 1060. The number of H-pyrrole nitrogens is 2. The number of halogens is 2. The van der Waals surface area contributed by atoms with Gasteiger partial charge >= 0.3 is 0 Å². The third-order valence-corrected chi connectivity index (χ3v) is 5.44. The third-order valence-electron chi connectivity index (χ3n) is 5.15. The summed E-state index contributed by atoms with van der Waals surface area (Å²) in [5, 5.41) is 13.0. The lowest BCUT2D eigenvalue weighted by atomic mass is 10.0. The van der Waals surface area contributed by atoms with Crippen molar-refractivity contribution in [2.45, 2.75) is 6.04 Å². The van der Waals surface area contributed by atoms with Crippen molar-refractivity contribution in [3.05, 3.63) is 59.4 Å². The van der Waals surface area contributed by atoms with E-state index >= 15 is 8.78 Å². The van der Waals surface area contributed by atoms with E-state index < -0.39 is 17.7 Å². The number of amides is 1. The number of anilines is 1. The lowest BCUT2D eigenvalue weighted by Gasteiger charge is -2.36. The molecule has 1 aromatic carbocycles. The Balaban J connectivity index is 1.53. The van der Waals surface area contributed by atoms with E-state index in [1.807, 2.05) is 0 Å². The largest absolute Gasteiger partial charge is 0.474 e. The Morgan fingerprint density at radius 1 is 1.22 bits per heavy atom. The lowest BCUT2D eigenvalue weighted by Crippen LogP contribution is -2.49. The molecule has 32 heavy (non-hydrogen) atoms. The fourth-order valence-corrected chi connectivity index (χ4v) is 3.70. The van der Waals surface area contributed by atoms with Crippen LogP contribution in [-0.2, 0) is 4.74 Å². The molecule has 168 valence electrons. The quantitative estimate of drug-likeness (QED) is 0.487. The van der Waals surface area contributed by atoms with E-state index in [1.54, 1.807) is 9.80 Å². The molecule has 1 aliphatic heterocycles. The standard InChI is InChI=1S/C19H20F2N8O2S/c1-31-19(32)25-16(14-9-24-27-26-14)11-6-12(20)17(13(21)7-11)28-2-4-29(5-3-28)18(30)15-8-22-10-23-15/h6-10,16H,2-5H2,1H3,(H,22,23)(H,25,32)(H,24,26,27). The zero-order valence-corrected chi connectivity index (χ0v) is 17.8. The summed E-state index contributed by atoms with van der Waals surface area (Å²) in [5.41, 5.74) is 0.820. The SMILES string of the molecule is COC(=S)NC(c1cc(F)c(N2CCN(C(=O)c3c[nH]cn3)CC2)c(F)c1)c1c[nH]nn1. The summed E-state index contributed by atoms with van der Waals surface area (Å²) in [4.78, 5) is 22.3. The highest BCUT2D eigenvalue weighted by atomic mass is 32.1. The van der Waals surface area contributed by atoms with Crippen LogP contribution in [0.2, 0.25) is 0 Å². The minimum Gasteiger partial charge on any atom is -0.474 e. The van der Waals surface area contributed by atoms with Crippen molar-refractivity contribution in [3.8, 4) is 0 Å². The number of nitrogens with zero attached hydrogens (tertiary/aromatic N) is 5. The molecule has 0 aliphatic carbocycles. The van der Waals surface area contributed by atoms with Crippen molar-refractivity contribution in [1.29, 1.82) is 0 Å². The molecule has 1 saturated heterocycles. The molecule has 0 spiro atoms. The molecule has 13 heteroatoms. The molecule has 1 unspecified atom stereocenters. The summed E-state index contributed by atoms with van der Waals surface area (Å²) in [6.07, 6.45) is 4.44. The van der Waals surface area contributed by atoms with Crippen LogP contribution in [0.4, 0.5) is 14.5 Å². The Kier molecular flexibility index (Phi) is 6.25. The van der Waals surface area contributed by atoms with Crippen LogP contribution in [0.15, 0.2) is 30.9 Å². The van der Waals surface area contributed by atoms with Crippen molar-refractivity contribution >= 4 is 29.0 Å². The maximum absolute atomic E-state index is 15.1. The normalized spacial score (nSPS) is 14.8. The van der Waals surface area contributed by atoms with Crippen LogP contribution < -0.4 is 10.2 Å². The second-order valence-corrected chi connectivity index (χ2v) is 7.40. The number of rotatable bonds is 5. The summed E-state index contributed by atoms with van der Waals surface area (Å²) in [6.45, 7) is 1.19. The minimum absolute atomic E-state index is 0.0422. The Morgan fingerprint density at radius 3 is 2.50 bits per heavy atom. The van der Waals surface area contributed by atoms with Crippen molar-refractivity contribution in [3.63, 3.8) is 0 Å². The van der Waals surface area contributed by atoms with E-state index in [4.69, 9.17) is 17.0 Å². The summed E-state index contributed by atoms with van der Waals surface area (Å²) < 4.78 is 35.1. The molecule has 10 nitrogen and oxygen atoms in total. The molecule has 1 aliphatic rings. The first-order valence-corrected chi connectivity index (χ1v) is 10.1. The van der Waals surface area contributed by atoms with Crippen LogP contribution in [0.3, 0.4) is 0 Å². The van der Waals surface area contributed by atoms with Gasteiger partial charge in [0.1, 0.15) is 34.8 Å². The van der Waals surface area contributed by atoms with Gasteiger partial charge in [0.25, 0.3) is 11.1 Å². The number of aromatic amines is 2. The van der Waals surface area contributed by atoms with Gasteiger partial charge in [0.15, 0.2) is 0 Å². The summed E-state index contributed by atoms with van der Waals surface area (Å²) in [5.74, 6) is -1.69. The van der Waals surface area contributed by atoms with E-state index in [9.17, 15) is 4.79 Å². The Morgan fingerprint density at radius 2 is 1.94 bits per heavy atom.